The van der Waals surface area contributed by atoms with Gasteiger partial charge in [0.1, 0.15) is 0 Å². The molecule has 1 aromatic rings. The summed E-state index contributed by atoms with van der Waals surface area (Å²) < 4.78 is 26.5. The van der Waals surface area contributed by atoms with Gasteiger partial charge in [-0.25, -0.2) is 22.9 Å². The number of carbonyl (C=O) groups is 1. The first-order valence-electron chi connectivity index (χ1n) is 6.01. The first-order chi connectivity index (χ1) is 8.82. The fourth-order valence-corrected chi connectivity index (χ4v) is 3.09. The van der Waals surface area contributed by atoms with Crippen molar-refractivity contribution in [3.8, 4) is 0 Å². The predicted molar refractivity (Wildman–Crippen MR) is 68.3 cm³/mol. The van der Waals surface area contributed by atoms with Crippen molar-refractivity contribution in [1.82, 2.24) is 9.71 Å². The summed E-state index contributed by atoms with van der Waals surface area (Å²) in [7, 11) is -3.67. The molecule has 1 fully saturated rings. The SMILES string of the molecule is CC1(CNS(=O)(=O)c2ccc(C(=O)O)cn2)CCC1. The molecular formula is C12H16N2O4S. The Morgan fingerprint density at radius 2 is 2.16 bits per heavy atom. The maximum absolute atomic E-state index is 12.0. The molecule has 1 aliphatic carbocycles. The lowest BCUT2D eigenvalue weighted by atomic mass is 9.71. The Labute approximate surface area is 111 Å². The molecule has 0 unspecified atom stereocenters. The van der Waals surface area contributed by atoms with Crippen LogP contribution < -0.4 is 4.72 Å². The molecule has 1 heterocycles. The molecule has 2 N–H and O–H groups in total. The van der Waals surface area contributed by atoms with Crippen molar-refractivity contribution in [2.75, 3.05) is 6.54 Å². The zero-order valence-electron chi connectivity index (χ0n) is 10.6. The first kappa shape index (κ1) is 14.0. The smallest absolute Gasteiger partial charge is 0.337 e. The Hall–Kier alpha value is -1.47. The molecule has 0 radical (unpaired) electrons. The van der Waals surface area contributed by atoms with E-state index in [9.17, 15) is 13.2 Å². The van der Waals surface area contributed by atoms with Crippen LogP contribution in [0.1, 0.15) is 36.5 Å². The number of pyridine rings is 1. The molecule has 1 aromatic heterocycles. The average Bonchev–Trinajstić information content (AvgIpc) is 2.34. The van der Waals surface area contributed by atoms with Crippen LogP contribution in [-0.4, -0.2) is 31.0 Å². The van der Waals surface area contributed by atoms with Gasteiger partial charge in [-0.2, -0.15) is 0 Å². The number of carboxylic acid groups (broad SMARTS) is 1. The van der Waals surface area contributed by atoms with E-state index in [1.54, 1.807) is 0 Å². The Kier molecular flexibility index (Phi) is 3.60. The molecule has 104 valence electrons. The summed E-state index contributed by atoms with van der Waals surface area (Å²) in [6, 6.07) is 2.43. The molecule has 1 saturated carbocycles. The van der Waals surface area contributed by atoms with E-state index in [0.29, 0.717) is 6.54 Å². The molecule has 0 atom stereocenters. The quantitative estimate of drug-likeness (QED) is 0.848. The van der Waals surface area contributed by atoms with E-state index < -0.39 is 16.0 Å². The lowest BCUT2D eigenvalue weighted by Gasteiger charge is -2.38. The number of hydrogen-bond acceptors (Lipinski definition) is 4. The third-order valence-electron chi connectivity index (χ3n) is 3.51. The van der Waals surface area contributed by atoms with Gasteiger partial charge in [0, 0.05) is 12.7 Å². The maximum atomic E-state index is 12.0. The number of sulfonamides is 1. The highest BCUT2D eigenvalue weighted by Gasteiger charge is 2.33. The van der Waals surface area contributed by atoms with Crippen molar-refractivity contribution in [3.05, 3.63) is 23.9 Å². The maximum Gasteiger partial charge on any atom is 0.337 e. The Morgan fingerprint density at radius 3 is 2.58 bits per heavy atom. The van der Waals surface area contributed by atoms with Crippen molar-refractivity contribution in [3.63, 3.8) is 0 Å². The number of aromatic nitrogens is 1. The second-order valence-corrected chi connectivity index (χ2v) is 6.89. The van der Waals surface area contributed by atoms with Crippen LogP contribution in [0.25, 0.3) is 0 Å². The summed E-state index contributed by atoms with van der Waals surface area (Å²) in [5, 5.41) is 8.57. The second-order valence-electron chi connectivity index (χ2n) is 5.18. The van der Waals surface area contributed by atoms with E-state index in [-0.39, 0.29) is 16.0 Å². The second kappa shape index (κ2) is 4.90. The minimum atomic E-state index is -3.67. The topological polar surface area (TPSA) is 96.4 Å². The normalized spacial score (nSPS) is 17.7. The first-order valence-corrected chi connectivity index (χ1v) is 7.50. The van der Waals surface area contributed by atoms with Crippen LogP contribution in [0.3, 0.4) is 0 Å². The van der Waals surface area contributed by atoms with Gasteiger partial charge in [-0.15, -0.1) is 0 Å². The minimum Gasteiger partial charge on any atom is -0.478 e. The van der Waals surface area contributed by atoms with Crippen molar-refractivity contribution in [2.24, 2.45) is 5.41 Å². The summed E-state index contributed by atoms with van der Waals surface area (Å²) in [6.07, 6.45) is 4.20. The van der Waals surface area contributed by atoms with E-state index in [1.807, 2.05) is 6.92 Å². The van der Waals surface area contributed by atoms with Crippen molar-refractivity contribution < 1.29 is 18.3 Å². The Balaban J connectivity index is 2.08. The summed E-state index contributed by atoms with van der Waals surface area (Å²) in [4.78, 5) is 14.3. The number of aromatic carboxylic acids is 1. The summed E-state index contributed by atoms with van der Waals surface area (Å²) in [5.74, 6) is -1.13. The molecule has 0 saturated heterocycles. The van der Waals surface area contributed by atoms with Gasteiger partial charge in [0.2, 0.25) is 0 Å². The summed E-state index contributed by atoms with van der Waals surface area (Å²) >= 11 is 0. The predicted octanol–water partition coefficient (Wildman–Crippen LogP) is 1.25. The van der Waals surface area contributed by atoms with E-state index >= 15 is 0 Å². The Bertz CT molecular complexity index is 576. The average molecular weight is 284 g/mol. The molecule has 1 aliphatic rings. The standard InChI is InChI=1S/C12H16N2O4S/c1-12(5-2-6-12)8-14-19(17,18)10-4-3-9(7-13-10)11(15)16/h3-4,7,14H,2,5-6,8H2,1H3,(H,15,16). The van der Waals surface area contributed by atoms with E-state index in [1.165, 1.54) is 12.1 Å². The summed E-state index contributed by atoms with van der Waals surface area (Å²) in [6.45, 7) is 2.43. The third kappa shape index (κ3) is 3.10. The number of carboxylic acids is 1. The highest BCUT2D eigenvalue weighted by molar-refractivity contribution is 7.89. The van der Waals surface area contributed by atoms with E-state index in [4.69, 9.17) is 5.11 Å². The van der Waals surface area contributed by atoms with Gasteiger partial charge >= 0.3 is 5.97 Å². The van der Waals surface area contributed by atoms with Crippen LogP contribution in [-0.2, 0) is 10.0 Å². The van der Waals surface area contributed by atoms with Crippen LogP contribution in [0, 0.1) is 5.41 Å². The van der Waals surface area contributed by atoms with Gasteiger partial charge in [0.15, 0.2) is 5.03 Å². The van der Waals surface area contributed by atoms with Crippen LogP contribution in [0.4, 0.5) is 0 Å². The number of rotatable bonds is 5. The highest BCUT2D eigenvalue weighted by Crippen LogP contribution is 2.39. The van der Waals surface area contributed by atoms with Gasteiger partial charge in [-0.3, -0.25) is 0 Å². The molecule has 0 spiro atoms. The largest absolute Gasteiger partial charge is 0.478 e. The van der Waals surface area contributed by atoms with Crippen molar-refractivity contribution >= 4 is 16.0 Å². The van der Waals surface area contributed by atoms with Crippen molar-refractivity contribution in [1.29, 1.82) is 0 Å². The zero-order valence-corrected chi connectivity index (χ0v) is 11.4. The number of nitrogens with one attached hydrogen (secondary N) is 1. The molecule has 2 rings (SSSR count). The number of nitrogens with zero attached hydrogens (tertiary/aromatic N) is 1. The van der Waals surface area contributed by atoms with Gasteiger partial charge in [-0.05, 0) is 30.4 Å². The third-order valence-corrected chi connectivity index (χ3v) is 4.82. The lowest BCUT2D eigenvalue weighted by molar-refractivity contribution is 0.0696. The monoisotopic (exact) mass is 284 g/mol. The molecule has 0 amide bonds. The van der Waals surface area contributed by atoms with Crippen molar-refractivity contribution in [2.45, 2.75) is 31.2 Å². The van der Waals surface area contributed by atoms with Crippen LogP contribution in [0.15, 0.2) is 23.4 Å². The molecule has 7 heteroatoms. The van der Waals surface area contributed by atoms with E-state index in [2.05, 4.69) is 9.71 Å². The minimum absolute atomic E-state index is 0.0358. The molecule has 0 bridgehead atoms. The molecule has 6 nitrogen and oxygen atoms in total. The fraction of sp³-hybridized carbons (Fsp3) is 0.500. The molecule has 0 aromatic carbocycles. The number of hydrogen-bond donors (Lipinski definition) is 2. The van der Waals surface area contributed by atoms with Gasteiger partial charge in [-0.1, -0.05) is 13.3 Å². The lowest BCUT2D eigenvalue weighted by Crippen LogP contribution is -2.40. The fourth-order valence-electron chi connectivity index (χ4n) is 1.97. The van der Waals surface area contributed by atoms with Gasteiger partial charge in [0.25, 0.3) is 10.0 Å². The van der Waals surface area contributed by atoms with Crippen LogP contribution in [0.2, 0.25) is 0 Å². The van der Waals surface area contributed by atoms with Gasteiger partial charge in [0.05, 0.1) is 5.56 Å². The highest BCUT2D eigenvalue weighted by atomic mass is 32.2. The zero-order chi connectivity index (χ0) is 14.1. The molecule has 0 aliphatic heterocycles. The van der Waals surface area contributed by atoms with Crippen LogP contribution in [0.5, 0.6) is 0 Å². The Morgan fingerprint density at radius 1 is 1.47 bits per heavy atom. The van der Waals surface area contributed by atoms with E-state index in [0.717, 1.165) is 25.5 Å². The van der Waals surface area contributed by atoms with Gasteiger partial charge < -0.3 is 5.11 Å². The van der Waals surface area contributed by atoms with Crippen LogP contribution >= 0.6 is 0 Å². The molecular weight excluding hydrogens is 268 g/mol. The summed E-state index contributed by atoms with van der Waals surface area (Å²) in [5.41, 5.74) is -0.00134. The molecule has 19 heavy (non-hydrogen) atoms.